The lowest BCUT2D eigenvalue weighted by Gasteiger charge is -2.21. The number of carbonyl (C=O) groups excluding carboxylic acids is 1. The van der Waals surface area contributed by atoms with E-state index < -0.39 is 11.6 Å². The van der Waals surface area contributed by atoms with E-state index in [2.05, 4.69) is 13.8 Å². The van der Waals surface area contributed by atoms with E-state index in [1.165, 1.54) is 6.07 Å². The first-order chi connectivity index (χ1) is 8.43. The molecule has 0 spiro atoms. The SMILES string of the molecule is CCN(CC(=O)c1ccc(F)c(F)c1)CC(C)C. The van der Waals surface area contributed by atoms with Crippen molar-refractivity contribution in [1.82, 2.24) is 4.90 Å². The number of Topliss-reactive ketones (excluding diaryl/α,β-unsaturated/α-hetero) is 1. The number of carbonyl (C=O) groups is 1. The average molecular weight is 255 g/mol. The van der Waals surface area contributed by atoms with E-state index in [9.17, 15) is 13.6 Å². The van der Waals surface area contributed by atoms with Crippen molar-refractivity contribution in [2.45, 2.75) is 20.8 Å². The van der Waals surface area contributed by atoms with Gasteiger partial charge in [-0.25, -0.2) is 8.78 Å². The number of halogens is 2. The van der Waals surface area contributed by atoms with Gasteiger partial charge >= 0.3 is 0 Å². The zero-order valence-corrected chi connectivity index (χ0v) is 11.0. The standard InChI is InChI=1S/C14H19F2NO/c1-4-17(8-10(2)3)9-14(18)11-5-6-12(15)13(16)7-11/h5-7,10H,4,8-9H2,1-3H3. The number of hydrogen-bond acceptors (Lipinski definition) is 2. The van der Waals surface area contributed by atoms with Crippen molar-refractivity contribution in [2.24, 2.45) is 5.92 Å². The van der Waals surface area contributed by atoms with Crippen molar-refractivity contribution in [3.05, 3.63) is 35.4 Å². The molecule has 0 heterocycles. The van der Waals surface area contributed by atoms with E-state index in [0.29, 0.717) is 5.92 Å². The van der Waals surface area contributed by atoms with Crippen LogP contribution < -0.4 is 0 Å². The van der Waals surface area contributed by atoms with Gasteiger partial charge in [-0.1, -0.05) is 20.8 Å². The van der Waals surface area contributed by atoms with E-state index in [1.807, 2.05) is 11.8 Å². The number of ketones is 1. The Balaban J connectivity index is 2.71. The highest BCUT2D eigenvalue weighted by Gasteiger charge is 2.14. The molecular formula is C14H19F2NO. The molecule has 1 aromatic rings. The summed E-state index contributed by atoms with van der Waals surface area (Å²) in [5.74, 6) is -1.63. The number of benzene rings is 1. The first-order valence-corrected chi connectivity index (χ1v) is 6.14. The molecule has 0 aliphatic heterocycles. The summed E-state index contributed by atoms with van der Waals surface area (Å²) in [4.78, 5) is 13.9. The lowest BCUT2D eigenvalue weighted by Crippen LogP contribution is -2.32. The molecule has 100 valence electrons. The van der Waals surface area contributed by atoms with Crippen LogP contribution in [-0.4, -0.2) is 30.3 Å². The number of likely N-dealkylation sites (N-methyl/N-ethyl adjacent to an activating group) is 1. The summed E-state index contributed by atoms with van der Waals surface area (Å²) < 4.78 is 25.8. The molecule has 0 aliphatic carbocycles. The van der Waals surface area contributed by atoms with Crippen molar-refractivity contribution in [3.8, 4) is 0 Å². The fourth-order valence-electron chi connectivity index (χ4n) is 1.79. The summed E-state index contributed by atoms with van der Waals surface area (Å²) >= 11 is 0. The second-order valence-electron chi connectivity index (χ2n) is 4.77. The molecule has 1 aromatic carbocycles. The van der Waals surface area contributed by atoms with Crippen LogP contribution in [0.3, 0.4) is 0 Å². The molecule has 0 aromatic heterocycles. The van der Waals surface area contributed by atoms with Crippen LogP contribution in [0, 0.1) is 17.6 Å². The van der Waals surface area contributed by atoms with Crippen LogP contribution >= 0.6 is 0 Å². The third kappa shape index (κ3) is 4.18. The predicted molar refractivity (Wildman–Crippen MR) is 67.6 cm³/mol. The van der Waals surface area contributed by atoms with Crippen molar-refractivity contribution >= 4 is 5.78 Å². The van der Waals surface area contributed by atoms with Crippen LogP contribution in [0.25, 0.3) is 0 Å². The van der Waals surface area contributed by atoms with Gasteiger partial charge in [-0.15, -0.1) is 0 Å². The Morgan fingerprint density at radius 1 is 1.28 bits per heavy atom. The maximum Gasteiger partial charge on any atom is 0.176 e. The van der Waals surface area contributed by atoms with Gasteiger partial charge in [0.05, 0.1) is 6.54 Å². The summed E-state index contributed by atoms with van der Waals surface area (Å²) in [7, 11) is 0. The molecule has 0 radical (unpaired) electrons. The Labute approximate surface area is 107 Å². The highest BCUT2D eigenvalue weighted by atomic mass is 19.2. The zero-order chi connectivity index (χ0) is 13.7. The molecule has 0 unspecified atom stereocenters. The molecule has 18 heavy (non-hydrogen) atoms. The molecule has 0 bridgehead atoms. The molecule has 2 nitrogen and oxygen atoms in total. The largest absolute Gasteiger partial charge is 0.296 e. The summed E-state index contributed by atoms with van der Waals surface area (Å²) in [5.41, 5.74) is 0.219. The molecule has 0 aliphatic rings. The van der Waals surface area contributed by atoms with Gasteiger partial charge in [-0.2, -0.15) is 0 Å². The minimum Gasteiger partial charge on any atom is -0.296 e. The lowest BCUT2D eigenvalue weighted by molar-refractivity contribution is 0.0926. The van der Waals surface area contributed by atoms with Crippen LogP contribution in [0.15, 0.2) is 18.2 Å². The monoisotopic (exact) mass is 255 g/mol. The van der Waals surface area contributed by atoms with Crippen molar-refractivity contribution in [2.75, 3.05) is 19.6 Å². The van der Waals surface area contributed by atoms with E-state index in [1.54, 1.807) is 0 Å². The minimum absolute atomic E-state index is 0.184. The number of hydrogen-bond donors (Lipinski definition) is 0. The van der Waals surface area contributed by atoms with Crippen LogP contribution in [-0.2, 0) is 0 Å². The normalized spacial score (nSPS) is 11.3. The Bertz CT molecular complexity index is 418. The molecule has 0 atom stereocenters. The minimum atomic E-state index is -0.979. The fourth-order valence-corrected chi connectivity index (χ4v) is 1.79. The maximum absolute atomic E-state index is 13.0. The van der Waals surface area contributed by atoms with Crippen molar-refractivity contribution in [1.29, 1.82) is 0 Å². The summed E-state index contributed by atoms with van der Waals surface area (Å²) in [5, 5.41) is 0. The first kappa shape index (κ1) is 14.8. The quantitative estimate of drug-likeness (QED) is 0.728. The van der Waals surface area contributed by atoms with Gasteiger partial charge in [-0.3, -0.25) is 9.69 Å². The van der Waals surface area contributed by atoms with Gasteiger partial charge < -0.3 is 0 Å². The van der Waals surface area contributed by atoms with Gasteiger partial charge in [0.2, 0.25) is 0 Å². The van der Waals surface area contributed by atoms with E-state index in [0.717, 1.165) is 25.2 Å². The zero-order valence-electron chi connectivity index (χ0n) is 11.0. The Hall–Kier alpha value is -1.29. The molecule has 0 N–H and O–H groups in total. The molecule has 0 saturated carbocycles. The Morgan fingerprint density at radius 2 is 1.94 bits per heavy atom. The highest BCUT2D eigenvalue weighted by Crippen LogP contribution is 2.10. The van der Waals surface area contributed by atoms with Crippen LogP contribution in [0.1, 0.15) is 31.1 Å². The highest BCUT2D eigenvalue weighted by molar-refractivity contribution is 5.97. The molecule has 0 fully saturated rings. The second kappa shape index (κ2) is 6.59. The Kier molecular flexibility index (Phi) is 5.41. The van der Waals surface area contributed by atoms with Gasteiger partial charge in [-0.05, 0) is 30.7 Å². The predicted octanol–water partition coefficient (Wildman–Crippen LogP) is 3.13. The second-order valence-corrected chi connectivity index (χ2v) is 4.77. The third-order valence-electron chi connectivity index (χ3n) is 2.68. The average Bonchev–Trinajstić information content (AvgIpc) is 2.31. The first-order valence-electron chi connectivity index (χ1n) is 6.14. The van der Waals surface area contributed by atoms with Crippen molar-refractivity contribution in [3.63, 3.8) is 0 Å². The van der Waals surface area contributed by atoms with Crippen molar-refractivity contribution < 1.29 is 13.6 Å². The summed E-state index contributed by atoms with van der Waals surface area (Å²) in [6, 6.07) is 3.27. The van der Waals surface area contributed by atoms with Gasteiger partial charge in [0.15, 0.2) is 17.4 Å². The van der Waals surface area contributed by atoms with Gasteiger partial charge in [0, 0.05) is 12.1 Å². The molecule has 4 heteroatoms. The summed E-state index contributed by atoms with van der Waals surface area (Å²) in [6.45, 7) is 7.93. The maximum atomic E-state index is 13.0. The molecular weight excluding hydrogens is 236 g/mol. The number of nitrogens with zero attached hydrogens (tertiary/aromatic N) is 1. The van der Waals surface area contributed by atoms with Crippen LogP contribution in [0.5, 0.6) is 0 Å². The van der Waals surface area contributed by atoms with E-state index >= 15 is 0 Å². The molecule has 1 rings (SSSR count). The van der Waals surface area contributed by atoms with Gasteiger partial charge in [0.25, 0.3) is 0 Å². The topological polar surface area (TPSA) is 20.3 Å². The molecule has 0 amide bonds. The third-order valence-corrected chi connectivity index (χ3v) is 2.68. The van der Waals surface area contributed by atoms with Crippen LogP contribution in [0.4, 0.5) is 8.78 Å². The lowest BCUT2D eigenvalue weighted by atomic mass is 10.1. The summed E-state index contributed by atoms with van der Waals surface area (Å²) in [6.07, 6.45) is 0. The Morgan fingerprint density at radius 3 is 2.44 bits per heavy atom. The van der Waals surface area contributed by atoms with E-state index in [4.69, 9.17) is 0 Å². The van der Waals surface area contributed by atoms with Gasteiger partial charge in [0.1, 0.15) is 0 Å². The van der Waals surface area contributed by atoms with E-state index in [-0.39, 0.29) is 17.9 Å². The van der Waals surface area contributed by atoms with Crippen LogP contribution in [0.2, 0.25) is 0 Å². The number of rotatable bonds is 6. The smallest absolute Gasteiger partial charge is 0.176 e. The fraction of sp³-hybridized carbons (Fsp3) is 0.500. The molecule has 0 saturated heterocycles.